The quantitative estimate of drug-likeness (QED) is 0.737. The summed E-state index contributed by atoms with van der Waals surface area (Å²) in [7, 11) is 1.98. The van der Waals surface area contributed by atoms with Gasteiger partial charge in [0, 0.05) is 5.54 Å². The summed E-state index contributed by atoms with van der Waals surface area (Å²) in [5.41, 5.74) is 0.915. The molecule has 0 heterocycles. The molecule has 0 spiro atoms. The summed E-state index contributed by atoms with van der Waals surface area (Å²) in [5, 5.41) is 0. The molecule has 3 heteroatoms. The number of carbonyl (C=O) groups is 1. The van der Waals surface area contributed by atoms with Gasteiger partial charge < -0.3 is 4.74 Å². The van der Waals surface area contributed by atoms with Crippen LogP contribution in [0.3, 0.4) is 0 Å². The lowest BCUT2D eigenvalue weighted by Crippen LogP contribution is -2.46. The molecule has 0 aliphatic rings. The van der Waals surface area contributed by atoms with Crippen LogP contribution in [0.5, 0.6) is 0 Å². The lowest BCUT2D eigenvalue weighted by molar-refractivity contribution is -0.151. The van der Waals surface area contributed by atoms with Gasteiger partial charge >= 0.3 is 5.97 Å². The molecule has 1 aromatic rings. The number of likely N-dealkylation sites (N-methyl/N-ethyl adjacent to an activating group) is 1. The fourth-order valence-corrected chi connectivity index (χ4v) is 1.97. The van der Waals surface area contributed by atoms with Crippen molar-refractivity contribution < 1.29 is 9.53 Å². The summed E-state index contributed by atoms with van der Waals surface area (Å²) >= 11 is 0. The summed E-state index contributed by atoms with van der Waals surface area (Å²) in [6.45, 7) is 8.65. The van der Waals surface area contributed by atoms with Crippen molar-refractivity contribution in [1.29, 1.82) is 0 Å². The van der Waals surface area contributed by atoms with Gasteiger partial charge in [-0.3, -0.25) is 4.90 Å². The second kappa shape index (κ2) is 6.71. The molecule has 3 nitrogen and oxygen atoms in total. The maximum atomic E-state index is 12.3. The summed E-state index contributed by atoms with van der Waals surface area (Å²) in [6, 6.07) is 9.46. The highest BCUT2D eigenvalue weighted by Gasteiger charge is 2.34. The zero-order valence-corrected chi connectivity index (χ0v) is 12.6. The lowest BCUT2D eigenvalue weighted by Gasteiger charge is -2.39. The van der Waals surface area contributed by atoms with Crippen LogP contribution in [0, 0.1) is 0 Å². The molecule has 0 radical (unpaired) electrons. The molecule has 1 unspecified atom stereocenters. The molecule has 106 valence electrons. The smallest absolute Gasteiger partial charge is 0.328 e. The molecule has 1 aromatic carbocycles. The van der Waals surface area contributed by atoms with Gasteiger partial charge in [0.1, 0.15) is 6.04 Å². The van der Waals surface area contributed by atoms with Crippen molar-refractivity contribution in [2.24, 2.45) is 0 Å². The average molecular weight is 263 g/mol. The third-order valence-electron chi connectivity index (χ3n) is 3.83. The van der Waals surface area contributed by atoms with Crippen LogP contribution in [0.2, 0.25) is 0 Å². The van der Waals surface area contributed by atoms with Crippen molar-refractivity contribution in [3.8, 4) is 0 Å². The van der Waals surface area contributed by atoms with E-state index in [0.29, 0.717) is 6.61 Å². The van der Waals surface area contributed by atoms with Gasteiger partial charge in [0.15, 0.2) is 0 Å². The molecular formula is C16H25NO2. The van der Waals surface area contributed by atoms with Crippen LogP contribution in [0.25, 0.3) is 0 Å². The van der Waals surface area contributed by atoms with Crippen LogP contribution in [-0.4, -0.2) is 30.1 Å². The summed E-state index contributed by atoms with van der Waals surface area (Å²) in [6.07, 6.45) is 0.965. The van der Waals surface area contributed by atoms with Crippen LogP contribution < -0.4 is 0 Å². The summed E-state index contributed by atoms with van der Waals surface area (Å²) < 4.78 is 5.24. The van der Waals surface area contributed by atoms with Gasteiger partial charge in [0.25, 0.3) is 0 Å². The predicted octanol–water partition coefficient (Wildman–Crippen LogP) is 3.41. The Kier molecular flexibility index (Phi) is 5.55. The van der Waals surface area contributed by atoms with E-state index in [1.54, 1.807) is 0 Å². The predicted molar refractivity (Wildman–Crippen MR) is 77.9 cm³/mol. The fraction of sp³-hybridized carbons (Fsp3) is 0.562. The van der Waals surface area contributed by atoms with E-state index in [4.69, 9.17) is 4.74 Å². The Labute approximate surface area is 116 Å². The second-order valence-electron chi connectivity index (χ2n) is 5.34. The molecule has 0 aliphatic heterocycles. The van der Waals surface area contributed by atoms with Gasteiger partial charge in [-0.15, -0.1) is 0 Å². The van der Waals surface area contributed by atoms with Crippen LogP contribution in [0.1, 0.15) is 45.7 Å². The van der Waals surface area contributed by atoms with Crippen molar-refractivity contribution in [3.05, 3.63) is 35.9 Å². The fourth-order valence-electron chi connectivity index (χ4n) is 1.97. The summed E-state index contributed by atoms with van der Waals surface area (Å²) in [4.78, 5) is 14.4. The molecule has 19 heavy (non-hydrogen) atoms. The van der Waals surface area contributed by atoms with Crippen molar-refractivity contribution in [2.45, 2.75) is 45.7 Å². The Morgan fingerprint density at radius 3 is 2.32 bits per heavy atom. The van der Waals surface area contributed by atoms with E-state index in [1.807, 2.05) is 44.3 Å². The SMILES string of the molecule is CCOC(=O)C(c1ccccc1)N(C)C(C)(C)CC. The lowest BCUT2D eigenvalue weighted by atomic mass is 9.95. The highest BCUT2D eigenvalue weighted by molar-refractivity contribution is 5.77. The van der Waals surface area contributed by atoms with Crippen LogP contribution >= 0.6 is 0 Å². The molecular weight excluding hydrogens is 238 g/mol. The average Bonchev–Trinajstić information content (AvgIpc) is 2.40. The normalized spacial score (nSPS) is 13.4. The first-order valence-corrected chi connectivity index (χ1v) is 6.88. The van der Waals surface area contributed by atoms with Gasteiger partial charge in [-0.05, 0) is 39.8 Å². The van der Waals surface area contributed by atoms with Gasteiger partial charge in [-0.25, -0.2) is 4.79 Å². The molecule has 0 aliphatic carbocycles. The minimum absolute atomic E-state index is 0.0622. The first kappa shape index (κ1) is 15.7. The number of hydrogen-bond acceptors (Lipinski definition) is 3. The molecule has 1 atom stereocenters. The first-order chi connectivity index (χ1) is 8.94. The first-order valence-electron chi connectivity index (χ1n) is 6.88. The third-order valence-corrected chi connectivity index (χ3v) is 3.83. The van der Waals surface area contributed by atoms with E-state index in [2.05, 4.69) is 25.7 Å². The molecule has 0 fully saturated rings. The second-order valence-corrected chi connectivity index (χ2v) is 5.34. The maximum Gasteiger partial charge on any atom is 0.328 e. The number of hydrogen-bond donors (Lipinski definition) is 0. The molecule has 0 N–H and O–H groups in total. The number of ether oxygens (including phenoxy) is 1. The molecule has 1 rings (SSSR count). The third kappa shape index (κ3) is 3.80. The monoisotopic (exact) mass is 263 g/mol. The van der Waals surface area contributed by atoms with Gasteiger partial charge in [-0.1, -0.05) is 37.3 Å². The van der Waals surface area contributed by atoms with Crippen molar-refractivity contribution >= 4 is 5.97 Å². The van der Waals surface area contributed by atoms with Crippen LogP contribution in [0.15, 0.2) is 30.3 Å². The van der Waals surface area contributed by atoms with E-state index >= 15 is 0 Å². The standard InChI is InChI=1S/C16H25NO2/c1-6-16(3,4)17(5)14(15(18)19-7-2)13-11-9-8-10-12-13/h8-12,14H,6-7H2,1-5H3. The zero-order chi connectivity index (χ0) is 14.5. The van der Waals surface area contributed by atoms with Crippen LogP contribution in [0.4, 0.5) is 0 Å². The number of rotatable bonds is 6. The van der Waals surface area contributed by atoms with Gasteiger partial charge in [-0.2, -0.15) is 0 Å². The topological polar surface area (TPSA) is 29.5 Å². The molecule has 0 saturated carbocycles. The van der Waals surface area contributed by atoms with Gasteiger partial charge in [0.2, 0.25) is 0 Å². The Morgan fingerprint density at radius 1 is 1.26 bits per heavy atom. The maximum absolute atomic E-state index is 12.3. The largest absolute Gasteiger partial charge is 0.465 e. The number of benzene rings is 1. The molecule has 0 bridgehead atoms. The van der Waals surface area contributed by atoms with Crippen LogP contribution in [-0.2, 0) is 9.53 Å². The number of esters is 1. The van der Waals surface area contributed by atoms with Crippen molar-refractivity contribution in [3.63, 3.8) is 0 Å². The van der Waals surface area contributed by atoms with E-state index in [1.165, 1.54) is 0 Å². The van der Waals surface area contributed by atoms with Crippen molar-refractivity contribution in [1.82, 2.24) is 4.90 Å². The Morgan fingerprint density at radius 2 is 1.84 bits per heavy atom. The molecule has 0 amide bonds. The Bertz CT molecular complexity index is 400. The van der Waals surface area contributed by atoms with E-state index in [-0.39, 0.29) is 17.6 Å². The zero-order valence-electron chi connectivity index (χ0n) is 12.6. The minimum atomic E-state index is -0.351. The minimum Gasteiger partial charge on any atom is -0.465 e. The highest BCUT2D eigenvalue weighted by Crippen LogP contribution is 2.29. The molecule has 0 saturated heterocycles. The van der Waals surface area contributed by atoms with E-state index in [0.717, 1.165) is 12.0 Å². The Balaban J connectivity index is 3.10. The Hall–Kier alpha value is -1.35. The van der Waals surface area contributed by atoms with Gasteiger partial charge in [0.05, 0.1) is 6.61 Å². The van der Waals surface area contributed by atoms with E-state index in [9.17, 15) is 4.79 Å². The van der Waals surface area contributed by atoms with Crippen molar-refractivity contribution in [2.75, 3.05) is 13.7 Å². The van der Waals surface area contributed by atoms with E-state index < -0.39 is 0 Å². The number of carbonyl (C=O) groups excluding carboxylic acids is 1. The summed E-state index contributed by atoms with van der Waals surface area (Å²) in [5.74, 6) is -0.183. The molecule has 0 aromatic heterocycles. The highest BCUT2D eigenvalue weighted by atomic mass is 16.5. The number of nitrogens with zero attached hydrogens (tertiary/aromatic N) is 1.